The average Bonchev–Trinajstić information content (AvgIpc) is 3.37. The Labute approximate surface area is 464 Å². The molecule has 0 aromatic heterocycles. The highest BCUT2D eigenvalue weighted by atomic mass is 31.2. The van der Waals surface area contributed by atoms with Crippen molar-refractivity contribution >= 4 is 19.7 Å². The summed E-state index contributed by atoms with van der Waals surface area (Å²) in [7, 11) is 1.18. The monoisotopic (exact) mass is 1070 g/mol. The summed E-state index contributed by atoms with van der Waals surface area (Å²) in [5.74, 6) is -0.546. The van der Waals surface area contributed by atoms with Crippen LogP contribution >= 0.6 is 7.82 Å². The topological polar surface area (TPSA) is 114 Å². The number of allylic oxidation sites excluding steroid dienone is 9. The van der Waals surface area contributed by atoms with E-state index in [1.165, 1.54) is 167 Å². The van der Waals surface area contributed by atoms with Crippen molar-refractivity contribution < 1.29 is 37.3 Å². The van der Waals surface area contributed by atoms with Crippen LogP contribution in [0, 0.1) is 0 Å². The summed E-state index contributed by atoms with van der Waals surface area (Å²) < 4.78 is 30.3. The molecule has 1 amide bonds. The molecule has 3 atom stereocenters. The molecule has 10 heteroatoms. The lowest BCUT2D eigenvalue weighted by Crippen LogP contribution is -2.47. The van der Waals surface area contributed by atoms with Crippen molar-refractivity contribution in [3.8, 4) is 0 Å². The third-order valence-corrected chi connectivity index (χ3v) is 14.9. The predicted molar refractivity (Wildman–Crippen MR) is 321 cm³/mol. The van der Waals surface area contributed by atoms with Crippen LogP contribution in [0.4, 0.5) is 0 Å². The smallest absolute Gasteiger partial charge is 0.306 e. The number of likely N-dealkylation sites (N-methyl/N-ethyl adjacent to an activating group) is 1. The zero-order valence-corrected chi connectivity index (χ0v) is 50.9. The number of rotatable bonds is 57. The van der Waals surface area contributed by atoms with Gasteiger partial charge < -0.3 is 28.5 Å². The molecule has 0 aliphatic carbocycles. The van der Waals surface area contributed by atoms with Gasteiger partial charge in [-0.15, -0.1) is 0 Å². The van der Waals surface area contributed by atoms with E-state index < -0.39 is 26.6 Å². The van der Waals surface area contributed by atoms with Crippen molar-refractivity contribution in [2.45, 2.75) is 303 Å². The van der Waals surface area contributed by atoms with Crippen molar-refractivity contribution in [2.75, 3.05) is 40.9 Å². The van der Waals surface area contributed by atoms with Crippen LogP contribution in [-0.2, 0) is 27.9 Å². The Morgan fingerprint density at radius 1 is 0.467 bits per heavy atom. The number of hydrogen-bond acceptors (Lipinski definition) is 7. The molecule has 0 heterocycles. The van der Waals surface area contributed by atoms with Crippen LogP contribution in [0.25, 0.3) is 0 Å². The first-order valence-corrected chi connectivity index (χ1v) is 33.1. The second-order valence-corrected chi connectivity index (χ2v) is 24.0. The lowest BCUT2D eigenvalue weighted by Gasteiger charge is -2.30. The first-order chi connectivity index (χ1) is 36.4. The van der Waals surface area contributed by atoms with Crippen LogP contribution in [0.2, 0.25) is 0 Å². The molecular weight excluding hydrogens is 952 g/mol. The standard InChI is InChI=1S/C65H121N2O7P/c1-7-10-13-16-19-22-25-27-29-31-33-35-37-39-42-45-48-51-54-57-64(68)66-62(61-73-75(70,71)72-60-59-67(4,5)6)63(56-53-50-47-44-41-24-21-18-15-12-9-3)74-65(69)58-55-52-49-46-43-40-38-36-34-32-30-28-26-23-20-17-14-11-8-2/h19-20,22-23,27-30,53,56,62-63H,7-18,21,24-26,31-52,54-55,57-61H2,1-6H3,(H-,66,68,70,71)/b22-19-,23-20-,29-27-,30-28-,56-53+. The Bertz CT molecular complexity index is 1470. The summed E-state index contributed by atoms with van der Waals surface area (Å²) in [4.78, 5) is 40.0. The number of nitrogens with zero attached hydrogens (tertiary/aromatic N) is 1. The molecule has 0 rings (SSSR count). The molecule has 0 saturated carbocycles. The van der Waals surface area contributed by atoms with Gasteiger partial charge in [-0.3, -0.25) is 14.2 Å². The number of ether oxygens (including phenoxy) is 1. The number of amides is 1. The van der Waals surface area contributed by atoms with Crippen molar-refractivity contribution in [1.82, 2.24) is 5.32 Å². The summed E-state index contributed by atoms with van der Waals surface area (Å²) in [5, 5.41) is 3.03. The van der Waals surface area contributed by atoms with E-state index in [0.717, 1.165) is 89.9 Å². The number of phosphoric acid groups is 1. The van der Waals surface area contributed by atoms with E-state index in [2.05, 4.69) is 74.7 Å². The molecule has 438 valence electrons. The summed E-state index contributed by atoms with van der Waals surface area (Å²) in [6.07, 6.45) is 68.9. The predicted octanol–water partition coefficient (Wildman–Crippen LogP) is 18.8. The fourth-order valence-corrected chi connectivity index (χ4v) is 9.72. The summed E-state index contributed by atoms with van der Waals surface area (Å²) in [6, 6.07) is -0.893. The first kappa shape index (κ1) is 72.7. The van der Waals surface area contributed by atoms with Crippen LogP contribution < -0.4 is 10.2 Å². The minimum absolute atomic E-state index is 0.0247. The first-order valence-electron chi connectivity index (χ1n) is 31.6. The molecule has 0 aliphatic heterocycles. The zero-order chi connectivity index (χ0) is 55.0. The Kier molecular flexibility index (Phi) is 53.4. The normalized spacial score (nSPS) is 14.1. The molecule has 3 unspecified atom stereocenters. The van der Waals surface area contributed by atoms with Crippen LogP contribution in [-0.4, -0.2) is 69.4 Å². The fourth-order valence-electron chi connectivity index (χ4n) is 8.99. The number of unbranched alkanes of at least 4 members (excludes halogenated alkanes) is 33. The molecular formula is C65H121N2O7P. The van der Waals surface area contributed by atoms with E-state index in [0.29, 0.717) is 17.4 Å². The highest BCUT2D eigenvalue weighted by molar-refractivity contribution is 7.45. The van der Waals surface area contributed by atoms with E-state index in [-0.39, 0.29) is 24.9 Å². The Hall–Kier alpha value is -2.29. The third kappa shape index (κ3) is 56.2. The number of carbonyl (C=O) groups excluding carboxylic acids is 2. The van der Waals surface area contributed by atoms with Gasteiger partial charge in [0.05, 0.1) is 33.8 Å². The lowest BCUT2D eigenvalue weighted by atomic mass is 10.0. The van der Waals surface area contributed by atoms with Crippen LogP contribution in [0.1, 0.15) is 290 Å². The minimum atomic E-state index is -4.70. The molecule has 0 fully saturated rings. The van der Waals surface area contributed by atoms with E-state index in [1.54, 1.807) is 0 Å². The van der Waals surface area contributed by atoms with Gasteiger partial charge in [-0.25, -0.2) is 0 Å². The summed E-state index contributed by atoms with van der Waals surface area (Å²) in [5.41, 5.74) is 0. The number of quaternary nitrogens is 1. The molecule has 0 aromatic rings. The van der Waals surface area contributed by atoms with Gasteiger partial charge in [-0.1, -0.05) is 242 Å². The maximum absolute atomic E-state index is 13.5. The van der Waals surface area contributed by atoms with E-state index in [9.17, 15) is 19.0 Å². The van der Waals surface area contributed by atoms with Gasteiger partial charge in [0.25, 0.3) is 7.82 Å². The van der Waals surface area contributed by atoms with Crippen molar-refractivity contribution in [2.24, 2.45) is 0 Å². The molecule has 0 spiro atoms. The molecule has 1 N–H and O–H groups in total. The highest BCUT2D eigenvalue weighted by Crippen LogP contribution is 2.38. The fraction of sp³-hybridized carbons (Fsp3) is 0.815. The average molecular weight is 1070 g/mol. The summed E-state index contributed by atoms with van der Waals surface area (Å²) >= 11 is 0. The molecule has 9 nitrogen and oxygen atoms in total. The quantitative estimate of drug-likeness (QED) is 0.0212. The Balaban J connectivity index is 5.20. The maximum atomic E-state index is 13.5. The maximum Gasteiger partial charge on any atom is 0.306 e. The Morgan fingerprint density at radius 2 is 0.813 bits per heavy atom. The second kappa shape index (κ2) is 55.0. The van der Waals surface area contributed by atoms with Gasteiger partial charge in [-0.05, 0) is 96.0 Å². The molecule has 0 bridgehead atoms. The largest absolute Gasteiger partial charge is 0.756 e. The van der Waals surface area contributed by atoms with Gasteiger partial charge >= 0.3 is 5.97 Å². The van der Waals surface area contributed by atoms with E-state index in [4.69, 9.17) is 13.8 Å². The second-order valence-electron chi connectivity index (χ2n) is 22.6. The van der Waals surface area contributed by atoms with E-state index in [1.807, 2.05) is 33.3 Å². The van der Waals surface area contributed by atoms with Crippen LogP contribution in [0.3, 0.4) is 0 Å². The molecule has 0 aromatic carbocycles. The van der Waals surface area contributed by atoms with Gasteiger partial charge in [0, 0.05) is 12.8 Å². The molecule has 75 heavy (non-hydrogen) atoms. The minimum Gasteiger partial charge on any atom is -0.756 e. The Morgan fingerprint density at radius 3 is 1.23 bits per heavy atom. The van der Waals surface area contributed by atoms with Crippen LogP contribution in [0.5, 0.6) is 0 Å². The molecule has 0 saturated heterocycles. The lowest BCUT2D eigenvalue weighted by molar-refractivity contribution is -0.870. The molecule has 0 radical (unpaired) electrons. The van der Waals surface area contributed by atoms with Gasteiger partial charge in [0.1, 0.15) is 19.3 Å². The molecule has 0 aliphatic rings. The summed E-state index contributed by atoms with van der Waals surface area (Å²) in [6.45, 7) is 6.80. The van der Waals surface area contributed by atoms with Gasteiger partial charge in [0.15, 0.2) is 0 Å². The van der Waals surface area contributed by atoms with Gasteiger partial charge in [0.2, 0.25) is 5.91 Å². The number of esters is 1. The third-order valence-electron chi connectivity index (χ3n) is 13.9. The highest BCUT2D eigenvalue weighted by Gasteiger charge is 2.27. The number of phosphoric ester groups is 1. The number of nitrogens with one attached hydrogen (secondary N) is 1. The zero-order valence-electron chi connectivity index (χ0n) is 50.0. The SMILES string of the molecule is CCCCC/C=C\C/C=C\CCCCCCCCCCCC(=O)NC(COP(=O)([O-])OCC[N+](C)(C)C)C(/C=C/CCCCCCCCCCC)OC(=O)CCCCCCCCCCC/C=C\C/C=C\CCCCC. The van der Waals surface area contributed by atoms with E-state index >= 15 is 0 Å². The van der Waals surface area contributed by atoms with Gasteiger partial charge in [-0.2, -0.15) is 0 Å². The van der Waals surface area contributed by atoms with Crippen LogP contribution in [0.15, 0.2) is 60.8 Å². The van der Waals surface area contributed by atoms with Crippen molar-refractivity contribution in [1.29, 1.82) is 0 Å². The number of carbonyl (C=O) groups is 2. The number of hydrogen-bond donors (Lipinski definition) is 1. The van der Waals surface area contributed by atoms with Crippen molar-refractivity contribution in [3.05, 3.63) is 60.8 Å². The van der Waals surface area contributed by atoms with Crippen molar-refractivity contribution in [3.63, 3.8) is 0 Å².